The number of nitriles is 1. The van der Waals surface area contributed by atoms with E-state index in [1.807, 2.05) is 42.5 Å². The van der Waals surface area contributed by atoms with Crippen LogP contribution in [0, 0.1) is 11.3 Å². The molecule has 5 rings (SSSR count). The fraction of sp³-hybridized carbons (Fsp3) is 0.0435. The van der Waals surface area contributed by atoms with Gasteiger partial charge in [-0.1, -0.05) is 54.6 Å². The molecule has 2 N–H and O–H groups in total. The molecule has 0 fully saturated rings. The zero-order chi connectivity index (χ0) is 19.3. The van der Waals surface area contributed by atoms with Crippen LogP contribution in [0.4, 0.5) is 0 Å². The van der Waals surface area contributed by atoms with E-state index in [1.165, 1.54) is 0 Å². The zero-order valence-electron chi connectivity index (χ0n) is 14.7. The van der Waals surface area contributed by atoms with Crippen molar-refractivity contribution in [2.75, 3.05) is 0 Å². The molecular weight excluding hydrogens is 352 g/mol. The van der Waals surface area contributed by atoms with Crippen LogP contribution in [0.3, 0.4) is 0 Å². The van der Waals surface area contributed by atoms with E-state index in [4.69, 9.17) is 14.9 Å². The summed E-state index contributed by atoms with van der Waals surface area (Å²) in [6.07, 6.45) is 0. The average molecular weight is 366 g/mol. The van der Waals surface area contributed by atoms with E-state index in [9.17, 15) is 10.1 Å². The Balaban J connectivity index is 1.90. The maximum absolute atomic E-state index is 13.0. The lowest BCUT2D eigenvalue weighted by molar-refractivity contribution is 0.355. The first kappa shape index (κ1) is 16.2. The third-order valence-electron chi connectivity index (χ3n) is 5.06. The van der Waals surface area contributed by atoms with Crippen LogP contribution in [0.15, 0.2) is 87.4 Å². The molecule has 134 valence electrons. The van der Waals surface area contributed by atoms with Crippen molar-refractivity contribution in [1.29, 1.82) is 5.26 Å². The Bertz CT molecular complexity index is 1390. The second-order valence-corrected chi connectivity index (χ2v) is 6.61. The Labute approximate surface area is 159 Å². The van der Waals surface area contributed by atoms with E-state index >= 15 is 0 Å². The number of benzene rings is 3. The van der Waals surface area contributed by atoms with Gasteiger partial charge in [0.05, 0.1) is 11.3 Å². The number of hydrogen-bond acceptors (Lipinski definition) is 5. The molecule has 0 amide bonds. The van der Waals surface area contributed by atoms with E-state index < -0.39 is 5.92 Å². The SMILES string of the molecule is N#CC1=C(N)Oc2c(oc3ccccc3c2=O)C1c1cccc2ccccc12. The minimum Gasteiger partial charge on any atom is -0.456 e. The molecule has 1 aromatic heterocycles. The standard InChI is InChI=1S/C23H14N2O3/c24-12-17-19(15-10-5-7-13-6-1-2-8-14(13)15)21-22(28-23(17)25)20(26)16-9-3-4-11-18(16)27-21/h1-11,19H,25H2. The molecule has 1 aliphatic heterocycles. The van der Waals surface area contributed by atoms with Crippen LogP contribution in [0.25, 0.3) is 21.7 Å². The van der Waals surface area contributed by atoms with Crippen LogP contribution in [0.2, 0.25) is 0 Å². The van der Waals surface area contributed by atoms with Crippen LogP contribution >= 0.6 is 0 Å². The Morgan fingerprint density at radius 3 is 2.46 bits per heavy atom. The maximum atomic E-state index is 13.0. The molecule has 0 spiro atoms. The summed E-state index contributed by atoms with van der Waals surface area (Å²) in [7, 11) is 0. The highest BCUT2D eigenvalue weighted by atomic mass is 16.5. The summed E-state index contributed by atoms with van der Waals surface area (Å²) < 4.78 is 11.7. The summed E-state index contributed by atoms with van der Waals surface area (Å²) in [6.45, 7) is 0. The van der Waals surface area contributed by atoms with Gasteiger partial charge in [-0.2, -0.15) is 5.26 Å². The monoisotopic (exact) mass is 366 g/mol. The van der Waals surface area contributed by atoms with Crippen molar-refractivity contribution in [1.82, 2.24) is 0 Å². The Kier molecular flexibility index (Phi) is 3.46. The predicted octanol–water partition coefficient (Wildman–Crippen LogP) is 4.16. The van der Waals surface area contributed by atoms with Crippen molar-refractivity contribution < 1.29 is 9.15 Å². The topological polar surface area (TPSA) is 89.2 Å². The summed E-state index contributed by atoms with van der Waals surface area (Å²) in [5, 5.41) is 12.2. The zero-order valence-corrected chi connectivity index (χ0v) is 14.7. The largest absolute Gasteiger partial charge is 0.456 e. The molecule has 5 nitrogen and oxygen atoms in total. The second kappa shape index (κ2) is 6.00. The molecule has 1 aliphatic rings. The van der Waals surface area contributed by atoms with Crippen molar-refractivity contribution in [3.8, 4) is 11.8 Å². The number of nitrogens with two attached hydrogens (primary N) is 1. The maximum Gasteiger partial charge on any atom is 0.235 e. The molecule has 2 heterocycles. The van der Waals surface area contributed by atoms with Gasteiger partial charge in [-0.25, -0.2) is 0 Å². The van der Waals surface area contributed by atoms with Gasteiger partial charge in [-0.05, 0) is 28.5 Å². The van der Waals surface area contributed by atoms with Gasteiger partial charge in [0.1, 0.15) is 17.2 Å². The third-order valence-corrected chi connectivity index (χ3v) is 5.06. The Hall–Kier alpha value is -4.04. The summed E-state index contributed by atoms with van der Waals surface area (Å²) in [4.78, 5) is 13.0. The second-order valence-electron chi connectivity index (χ2n) is 6.61. The summed E-state index contributed by atoms with van der Waals surface area (Å²) in [6, 6.07) is 22.8. The number of fused-ring (bicyclic) bond motifs is 3. The van der Waals surface area contributed by atoms with Crippen LogP contribution in [-0.4, -0.2) is 0 Å². The van der Waals surface area contributed by atoms with Gasteiger partial charge < -0.3 is 14.9 Å². The first-order valence-corrected chi connectivity index (χ1v) is 8.80. The van der Waals surface area contributed by atoms with Crippen molar-refractivity contribution in [3.63, 3.8) is 0 Å². The van der Waals surface area contributed by atoms with Crippen molar-refractivity contribution in [2.24, 2.45) is 5.73 Å². The molecule has 5 heteroatoms. The fourth-order valence-electron chi connectivity index (χ4n) is 3.79. The highest BCUT2D eigenvalue weighted by Gasteiger charge is 2.36. The molecule has 0 saturated heterocycles. The van der Waals surface area contributed by atoms with Crippen molar-refractivity contribution >= 4 is 21.7 Å². The summed E-state index contributed by atoms with van der Waals surface area (Å²) >= 11 is 0. The van der Waals surface area contributed by atoms with Crippen LogP contribution in [0.5, 0.6) is 5.75 Å². The Morgan fingerprint density at radius 2 is 1.64 bits per heavy atom. The van der Waals surface area contributed by atoms with Gasteiger partial charge in [0, 0.05) is 0 Å². The fourth-order valence-corrected chi connectivity index (χ4v) is 3.79. The lowest BCUT2D eigenvalue weighted by Crippen LogP contribution is -2.25. The van der Waals surface area contributed by atoms with Crippen LogP contribution < -0.4 is 15.9 Å². The molecule has 0 aliphatic carbocycles. The van der Waals surface area contributed by atoms with Gasteiger partial charge in [0.2, 0.25) is 17.1 Å². The Morgan fingerprint density at radius 1 is 0.929 bits per heavy atom. The van der Waals surface area contributed by atoms with E-state index in [1.54, 1.807) is 24.3 Å². The first-order chi connectivity index (χ1) is 13.7. The summed E-state index contributed by atoms with van der Waals surface area (Å²) in [5.74, 6) is -0.369. The van der Waals surface area contributed by atoms with Crippen molar-refractivity contribution in [3.05, 3.63) is 99.7 Å². The summed E-state index contributed by atoms with van der Waals surface area (Å²) in [5.41, 5.74) is 7.24. The highest BCUT2D eigenvalue weighted by molar-refractivity contribution is 5.88. The van der Waals surface area contributed by atoms with Gasteiger partial charge in [0.15, 0.2) is 5.76 Å². The van der Waals surface area contributed by atoms with E-state index in [2.05, 4.69) is 6.07 Å². The molecule has 4 aromatic rings. The van der Waals surface area contributed by atoms with E-state index in [0.29, 0.717) is 16.7 Å². The minimum atomic E-state index is -0.628. The first-order valence-electron chi connectivity index (χ1n) is 8.80. The molecule has 0 radical (unpaired) electrons. The predicted molar refractivity (Wildman–Crippen MR) is 106 cm³/mol. The molecule has 1 unspecified atom stereocenters. The van der Waals surface area contributed by atoms with Gasteiger partial charge in [0.25, 0.3) is 0 Å². The number of hydrogen-bond donors (Lipinski definition) is 1. The van der Waals surface area contributed by atoms with E-state index in [0.717, 1.165) is 16.3 Å². The van der Waals surface area contributed by atoms with Crippen LogP contribution in [0.1, 0.15) is 17.2 Å². The molecule has 0 saturated carbocycles. The lowest BCUT2D eigenvalue weighted by Gasteiger charge is -2.25. The highest BCUT2D eigenvalue weighted by Crippen LogP contribution is 2.43. The van der Waals surface area contributed by atoms with Gasteiger partial charge in [-0.15, -0.1) is 0 Å². The molecule has 0 bridgehead atoms. The smallest absolute Gasteiger partial charge is 0.235 e. The third kappa shape index (κ3) is 2.22. The number of rotatable bonds is 1. The van der Waals surface area contributed by atoms with E-state index in [-0.39, 0.29) is 22.6 Å². The minimum absolute atomic E-state index is 0.0353. The molecule has 3 aromatic carbocycles. The quantitative estimate of drug-likeness (QED) is 0.546. The molecule has 28 heavy (non-hydrogen) atoms. The van der Waals surface area contributed by atoms with Crippen molar-refractivity contribution in [2.45, 2.75) is 5.92 Å². The normalized spacial score (nSPS) is 15.9. The van der Waals surface area contributed by atoms with Gasteiger partial charge in [-0.3, -0.25) is 4.79 Å². The van der Waals surface area contributed by atoms with Gasteiger partial charge >= 0.3 is 0 Å². The number of para-hydroxylation sites is 1. The lowest BCUT2D eigenvalue weighted by atomic mass is 9.84. The number of allylic oxidation sites excluding steroid dienone is 1. The average Bonchev–Trinajstić information content (AvgIpc) is 2.73. The van der Waals surface area contributed by atoms with Crippen LogP contribution in [-0.2, 0) is 0 Å². The number of ether oxygens (including phenoxy) is 1. The molecule has 1 atom stereocenters. The molecular formula is C23H14N2O3. The number of nitrogens with zero attached hydrogens (tertiary/aromatic N) is 1.